The first-order chi connectivity index (χ1) is 5.81. The van der Waals surface area contributed by atoms with Gasteiger partial charge in [0, 0.05) is 23.8 Å². The molecule has 0 amide bonds. The number of likely N-dealkylation sites (N-methyl/N-ethyl adjacent to an activating group) is 1. The van der Waals surface area contributed by atoms with Gasteiger partial charge in [0.05, 0.1) is 0 Å². The number of halogens is 1. The molecule has 12 heavy (non-hydrogen) atoms. The van der Waals surface area contributed by atoms with Gasteiger partial charge in [-0.1, -0.05) is 17.7 Å². The van der Waals surface area contributed by atoms with E-state index in [1.807, 2.05) is 6.07 Å². The molecule has 0 saturated carbocycles. The standard InChI is InChI=1S/C10H12ClN/c1-2-12-6-5-8-3-4-9(11)7-10(8)12/h3-4,7H,2,5-6H2,1H3. The van der Waals surface area contributed by atoms with E-state index in [1.54, 1.807) is 0 Å². The van der Waals surface area contributed by atoms with Gasteiger partial charge in [0.2, 0.25) is 0 Å². The molecule has 1 heterocycles. The van der Waals surface area contributed by atoms with Crippen LogP contribution >= 0.6 is 11.6 Å². The summed E-state index contributed by atoms with van der Waals surface area (Å²) in [4.78, 5) is 2.36. The predicted octanol–water partition coefficient (Wildman–Crippen LogP) is 2.72. The Bertz CT molecular complexity index is 296. The molecule has 1 nitrogen and oxygen atoms in total. The molecule has 0 N–H and O–H groups in total. The average molecular weight is 182 g/mol. The summed E-state index contributed by atoms with van der Waals surface area (Å²) in [5.74, 6) is 0. The molecule has 0 bridgehead atoms. The van der Waals surface area contributed by atoms with Crippen LogP contribution in [-0.2, 0) is 6.42 Å². The van der Waals surface area contributed by atoms with Crippen molar-refractivity contribution in [3.63, 3.8) is 0 Å². The van der Waals surface area contributed by atoms with Gasteiger partial charge in [0.1, 0.15) is 0 Å². The summed E-state index contributed by atoms with van der Waals surface area (Å²) in [5.41, 5.74) is 2.76. The van der Waals surface area contributed by atoms with Crippen LogP contribution in [0.4, 0.5) is 5.69 Å². The maximum absolute atomic E-state index is 5.92. The summed E-state index contributed by atoms with van der Waals surface area (Å²) in [6.07, 6.45) is 1.17. The highest BCUT2D eigenvalue weighted by Gasteiger charge is 2.16. The highest BCUT2D eigenvalue weighted by molar-refractivity contribution is 6.30. The molecule has 0 unspecified atom stereocenters. The van der Waals surface area contributed by atoms with Crippen LogP contribution in [0, 0.1) is 0 Å². The Morgan fingerprint density at radius 2 is 2.33 bits per heavy atom. The van der Waals surface area contributed by atoms with Gasteiger partial charge in [-0.05, 0) is 31.0 Å². The lowest BCUT2D eigenvalue weighted by atomic mass is 10.2. The molecule has 0 saturated heterocycles. The molecular weight excluding hydrogens is 170 g/mol. The number of benzene rings is 1. The zero-order valence-corrected chi connectivity index (χ0v) is 7.93. The van der Waals surface area contributed by atoms with Crippen molar-refractivity contribution < 1.29 is 0 Å². The Morgan fingerprint density at radius 1 is 1.50 bits per heavy atom. The van der Waals surface area contributed by atoms with Crippen molar-refractivity contribution in [2.75, 3.05) is 18.0 Å². The zero-order valence-electron chi connectivity index (χ0n) is 7.18. The maximum atomic E-state index is 5.92. The molecule has 1 aromatic rings. The van der Waals surface area contributed by atoms with Crippen molar-refractivity contribution >= 4 is 17.3 Å². The SMILES string of the molecule is CCN1CCc2ccc(Cl)cc21. The number of hydrogen-bond acceptors (Lipinski definition) is 1. The van der Waals surface area contributed by atoms with Gasteiger partial charge in [-0.2, -0.15) is 0 Å². The van der Waals surface area contributed by atoms with Crippen LogP contribution in [-0.4, -0.2) is 13.1 Å². The van der Waals surface area contributed by atoms with E-state index in [9.17, 15) is 0 Å². The highest BCUT2D eigenvalue weighted by Crippen LogP contribution is 2.30. The highest BCUT2D eigenvalue weighted by atomic mass is 35.5. The fourth-order valence-corrected chi connectivity index (χ4v) is 1.91. The van der Waals surface area contributed by atoms with E-state index in [0.29, 0.717) is 0 Å². The van der Waals surface area contributed by atoms with Crippen molar-refractivity contribution in [2.45, 2.75) is 13.3 Å². The van der Waals surface area contributed by atoms with Crippen LogP contribution in [0.25, 0.3) is 0 Å². The Hall–Kier alpha value is -0.690. The quantitative estimate of drug-likeness (QED) is 0.644. The minimum atomic E-state index is 0.842. The molecule has 0 radical (unpaired) electrons. The lowest BCUT2D eigenvalue weighted by Gasteiger charge is -2.16. The Morgan fingerprint density at radius 3 is 3.08 bits per heavy atom. The molecule has 0 fully saturated rings. The summed E-state index contributed by atoms with van der Waals surface area (Å²) in [5, 5.41) is 0.842. The van der Waals surface area contributed by atoms with E-state index in [4.69, 9.17) is 11.6 Å². The second kappa shape index (κ2) is 2.98. The van der Waals surface area contributed by atoms with E-state index in [0.717, 1.165) is 18.1 Å². The van der Waals surface area contributed by atoms with Gasteiger partial charge in [-0.3, -0.25) is 0 Å². The number of fused-ring (bicyclic) bond motifs is 1. The van der Waals surface area contributed by atoms with Crippen molar-refractivity contribution in [1.29, 1.82) is 0 Å². The molecule has 1 aliphatic rings. The van der Waals surface area contributed by atoms with Crippen LogP contribution < -0.4 is 4.90 Å². The Balaban J connectivity index is 2.42. The first-order valence-electron chi connectivity index (χ1n) is 4.34. The smallest absolute Gasteiger partial charge is 0.0426 e. The summed E-state index contributed by atoms with van der Waals surface area (Å²) in [7, 11) is 0. The fourth-order valence-electron chi connectivity index (χ4n) is 1.75. The van der Waals surface area contributed by atoms with E-state index >= 15 is 0 Å². The number of hydrogen-bond donors (Lipinski definition) is 0. The van der Waals surface area contributed by atoms with Gasteiger partial charge >= 0.3 is 0 Å². The summed E-state index contributed by atoms with van der Waals surface area (Å²) in [6.45, 7) is 4.40. The average Bonchev–Trinajstić information content (AvgIpc) is 2.46. The fraction of sp³-hybridized carbons (Fsp3) is 0.400. The normalized spacial score (nSPS) is 15.0. The molecular formula is C10H12ClN. The lowest BCUT2D eigenvalue weighted by molar-refractivity contribution is 0.868. The molecule has 64 valence electrons. The first-order valence-corrected chi connectivity index (χ1v) is 4.72. The lowest BCUT2D eigenvalue weighted by Crippen LogP contribution is -2.18. The molecule has 0 spiro atoms. The van der Waals surface area contributed by atoms with Crippen molar-refractivity contribution in [1.82, 2.24) is 0 Å². The van der Waals surface area contributed by atoms with Gasteiger partial charge in [-0.15, -0.1) is 0 Å². The summed E-state index contributed by atoms with van der Waals surface area (Å²) in [6, 6.07) is 6.17. The third kappa shape index (κ3) is 1.18. The van der Waals surface area contributed by atoms with Gasteiger partial charge in [-0.25, -0.2) is 0 Å². The second-order valence-electron chi connectivity index (χ2n) is 3.10. The molecule has 0 atom stereocenters. The van der Waals surface area contributed by atoms with Crippen molar-refractivity contribution in [3.8, 4) is 0 Å². The zero-order chi connectivity index (χ0) is 8.55. The van der Waals surface area contributed by atoms with Crippen LogP contribution in [0.1, 0.15) is 12.5 Å². The first kappa shape index (κ1) is 7.93. The van der Waals surface area contributed by atoms with Crippen molar-refractivity contribution in [2.24, 2.45) is 0 Å². The second-order valence-corrected chi connectivity index (χ2v) is 3.54. The largest absolute Gasteiger partial charge is 0.371 e. The Kier molecular flexibility index (Phi) is 1.97. The van der Waals surface area contributed by atoms with Crippen molar-refractivity contribution in [3.05, 3.63) is 28.8 Å². The van der Waals surface area contributed by atoms with E-state index in [1.165, 1.54) is 17.7 Å². The molecule has 0 aliphatic carbocycles. The number of nitrogens with zero attached hydrogens (tertiary/aromatic N) is 1. The third-order valence-electron chi connectivity index (χ3n) is 2.42. The van der Waals surface area contributed by atoms with Crippen LogP contribution in [0.3, 0.4) is 0 Å². The van der Waals surface area contributed by atoms with Crippen LogP contribution in [0.5, 0.6) is 0 Å². The molecule has 1 aliphatic heterocycles. The summed E-state index contributed by atoms with van der Waals surface area (Å²) >= 11 is 5.92. The minimum Gasteiger partial charge on any atom is -0.371 e. The molecule has 0 aromatic heterocycles. The van der Waals surface area contributed by atoms with Gasteiger partial charge < -0.3 is 4.90 Å². The summed E-state index contributed by atoms with van der Waals surface area (Å²) < 4.78 is 0. The van der Waals surface area contributed by atoms with Crippen LogP contribution in [0.2, 0.25) is 5.02 Å². The monoisotopic (exact) mass is 181 g/mol. The Labute approximate surface area is 77.9 Å². The molecule has 2 rings (SSSR count). The third-order valence-corrected chi connectivity index (χ3v) is 2.66. The van der Waals surface area contributed by atoms with E-state index in [2.05, 4.69) is 24.0 Å². The van der Waals surface area contributed by atoms with Crippen LogP contribution in [0.15, 0.2) is 18.2 Å². The maximum Gasteiger partial charge on any atom is 0.0426 e. The van der Waals surface area contributed by atoms with E-state index < -0.39 is 0 Å². The van der Waals surface area contributed by atoms with Gasteiger partial charge in [0.25, 0.3) is 0 Å². The number of rotatable bonds is 1. The van der Waals surface area contributed by atoms with Gasteiger partial charge in [0.15, 0.2) is 0 Å². The van der Waals surface area contributed by atoms with E-state index in [-0.39, 0.29) is 0 Å². The predicted molar refractivity (Wildman–Crippen MR) is 53.0 cm³/mol. The topological polar surface area (TPSA) is 3.24 Å². The molecule has 2 heteroatoms. The number of anilines is 1. The minimum absolute atomic E-state index is 0.842. The molecule has 1 aromatic carbocycles.